The molecule has 6 nitrogen and oxygen atoms in total. The third-order valence-electron chi connectivity index (χ3n) is 0.941. The van der Waals surface area contributed by atoms with Gasteiger partial charge in [0.1, 0.15) is 19.0 Å². The molecule has 0 spiro atoms. The zero-order valence-corrected chi connectivity index (χ0v) is 4.47. The number of hydrogen-bond acceptors (Lipinski definition) is 6. The van der Waals surface area contributed by atoms with Gasteiger partial charge in [-0.1, -0.05) is 5.23 Å². The minimum atomic E-state index is 1.38. The molecule has 0 bridgehead atoms. The van der Waals surface area contributed by atoms with Crippen molar-refractivity contribution in [1.29, 1.82) is 0 Å². The van der Waals surface area contributed by atoms with E-state index in [0.717, 1.165) is 0 Å². The fourth-order valence-corrected chi connectivity index (χ4v) is 0.578. The molecular formula is C3H4N6. The van der Waals surface area contributed by atoms with Gasteiger partial charge < -0.3 is 0 Å². The van der Waals surface area contributed by atoms with Crippen molar-refractivity contribution < 1.29 is 0 Å². The SMILES string of the molecule is C1=NC=NN2N=CNN12. The lowest BCUT2D eigenvalue weighted by atomic mass is 11.1. The van der Waals surface area contributed by atoms with E-state index in [1.807, 2.05) is 0 Å². The van der Waals surface area contributed by atoms with Gasteiger partial charge in [0, 0.05) is 0 Å². The lowest BCUT2D eigenvalue weighted by molar-refractivity contribution is 0.0557. The van der Waals surface area contributed by atoms with E-state index in [2.05, 4.69) is 20.6 Å². The van der Waals surface area contributed by atoms with Crippen LogP contribution in [-0.2, 0) is 0 Å². The molecule has 2 heterocycles. The van der Waals surface area contributed by atoms with Gasteiger partial charge in [-0.15, -0.1) is 15.3 Å². The maximum atomic E-state index is 3.79. The predicted molar refractivity (Wildman–Crippen MR) is 32.3 cm³/mol. The zero-order chi connectivity index (χ0) is 6.10. The highest BCUT2D eigenvalue weighted by molar-refractivity contribution is 5.74. The standard InChI is InChI=1S/C3H4N6/c1-4-3-8-5-2-7-9(8)6-1/h1-3H,(H,5,7). The average molecular weight is 124 g/mol. The van der Waals surface area contributed by atoms with Crippen LogP contribution in [0.15, 0.2) is 15.2 Å². The van der Waals surface area contributed by atoms with Crippen molar-refractivity contribution in [2.24, 2.45) is 15.2 Å². The number of hydrazine groups is 2. The highest BCUT2D eigenvalue weighted by Gasteiger charge is 2.13. The van der Waals surface area contributed by atoms with E-state index in [1.165, 1.54) is 17.9 Å². The summed E-state index contributed by atoms with van der Waals surface area (Å²) in [6, 6.07) is 0. The molecule has 0 unspecified atom stereocenters. The maximum absolute atomic E-state index is 3.79. The Kier molecular flexibility index (Phi) is 0.689. The highest BCUT2D eigenvalue weighted by Crippen LogP contribution is 1.99. The number of fused-ring (bicyclic) bond motifs is 1. The van der Waals surface area contributed by atoms with Crippen LogP contribution in [-0.4, -0.2) is 29.4 Å². The van der Waals surface area contributed by atoms with Gasteiger partial charge in [0.25, 0.3) is 0 Å². The zero-order valence-electron chi connectivity index (χ0n) is 4.47. The van der Waals surface area contributed by atoms with Gasteiger partial charge in [0.15, 0.2) is 0 Å². The van der Waals surface area contributed by atoms with E-state index in [9.17, 15) is 0 Å². The molecule has 0 aliphatic carbocycles. The van der Waals surface area contributed by atoms with Gasteiger partial charge in [0.05, 0.1) is 0 Å². The second-order valence-corrected chi connectivity index (χ2v) is 1.48. The van der Waals surface area contributed by atoms with Gasteiger partial charge >= 0.3 is 0 Å². The fourth-order valence-electron chi connectivity index (χ4n) is 0.578. The first kappa shape index (κ1) is 4.30. The Balaban J connectivity index is 2.25. The van der Waals surface area contributed by atoms with Crippen LogP contribution in [0.2, 0.25) is 0 Å². The Morgan fingerprint density at radius 3 is 3.22 bits per heavy atom. The number of aliphatic imine (C=N–C) groups is 1. The fraction of sp³-hybridized carbons (Fsp3) is 0. The van der Waals surface area contributed by atoms with E-state index >= 15 is 0 Å². The van der Waals surface area contributed by atoms with Crippen molar-refractivity contribution in [3.63, 3.8) is 0 Å². The molecule has 0 aromatic heterocycles. The minimum Gasteiger partial charge on any atom is -0.263 e. The summed E-state index contributed by atoms with van der Waals surface area (Å²) in [7, 11) is 0. The van der Waals surface area contributed by atoms with Gasteiger partial charge in [-0.2, -0.15) is 0 Å². The van der Waals surface area contributed by atoms with Gasteiger partial charge in [-0.3, -0.25) is 5.43 Å². The molecule has 6 heteroatoms. The summed E-state index contributed by atoms with van der Waals surface area (Å²) in [5.41, 5.74) is 2.76. The normalized spacial score (nSPS) is 20.4. The first-order valence-electron chi connectivity index (χ1n) is 2.40. The molecule has 0 saturated carbocycles. The van der Waals surface area contributed by atoms with Crippen LogP contribution < -0.4 is 5.43 Å². The summed E-state index contributed by atoms with van der Waals surface area (Å²) < 4.78 is 0. The summed E-state index contributed by atoms with van der Waals surface area (Å²) in [4.78, 5) is 3.74. The second kappa shape index (κ2) is 1.44. The Hall–Kier alpha value is -1.59. The molecule has 0 saturated heterocycles. The molecule has 0 radical (unpaired) electrons. The Morgan fingerprint density at radius 2 is 2.33 bits per heavy atom. The van der Waals surface area contributed by atoms with Gasteiger partial charge in [0.2, 0.25) is 0 Å². The van der Waals surface area contributed by atoms with Crippen LogP contribution in [0.25, 0.3) is 0 Å². The Morgan fingerprint density at radius 1 is 1.33 bits per heavy atom. The van der Waals surface area contributed by atoms with Crippen molar-refractivity contribution in [1.82, 2.24) is 15.8 Å². The van der Waals surface area contributed by atoms with Crippen molar-refractivity contribution >= 4 is 19.0 Å². The van der Waals surface area contributed by atoms with E-state index in [4.69, 9.17) is 0 Å². The van der Waals surface area contributed by atoms with Crippen molar-refractivity contribution in [3.05, 3.63) is 0 Å². The van der Waals surface area contributed by atoms with Crippen LogP contribution >= 0.6 is 0 Å². The predicted octanol–water partition coefficient (Wildman–Crippen LogP) is -1.05. The maximum Gasteiger partial charge on any atom is 0.141 e. The number of hydrazone groups is 2. The van der Waals surface area contributed by atoms with Crippen LogP contribution in [0.5, 0.6) is 0 Å². The molecule has 2 aliphatic heterocycles. The third kappa shape index (κ3) is 0.525. The van der Waals surface area contributed by atoms with E-state index in [-0.39, 0.29) is 0 Å². The summed E-state index contributed by atoms with van der Waals surface area (Å²) in [5, 5.41) is 10.5. The summed E-state index contributed by atoms with van der Waals surface area (Å²) in [6.07, 6.45) is 4.51. The van der Waals surface area contributed by atoms with Gasteiger partial charge in [-0.05, 0) is 0 Å². The van der Waals surface area contributed by atoms with Crippen molar-refractivity contribution in [2.75, 3.05) is 0 Å². The van der Waals surface area contributed by atoms with Crippen LogP contribution in [0.3, 0.4) is 0 Å². The second-order valence-electron chi connectivity index (χ2n) is 1.48. The van der Waals surface area contributed by atoms with Crippen LogP contribution in [0.4, 0.5) is 0 Å². The number of hydrogen-bond donors (Lipinski definition) is 1. The number of nitrogens with one attached hydrogen (secondary N) is 1. The van der Waals surface area contributed by atoms with E-state index < -0.39 is 0 Å². The highest BCUT2D eigenvalue weighted by atomic mass is 16.0. The summed E-state index contributed by atoms with van der Waals surface area (Å²) in [6.45, 7) is 0. The lowest BCUT2D eigenvalue weighted by Gasteiger charge is -2.19. The first-order valence-corrected chi connectivity index (χ1v) is 2.40. The molecule has 46 valence electrons. The molecular weight excluding hydrogens is 120 g/mol. The number of nitrogens with zero attached hydrogens (tertiary/aromatic N) is 5. The molecule has 0 fully saturated rings. The van der Waals surface area contributed by atoms with E-state index in [0.29, 0.717) is 0 Å². The van der Waals surface area contributed by atoms with Gasteiger partial charge in [-0.25, -0.2) is 4.99 Å². The molecule has 2 rings (SSSR count). The molecule has 9 heavy (non-hydrogen) atoms. The smallest absolute Gasteiger partial charge is 0.141 e. The molecule has 0 amide bonds. The third-order valence-corrected chi connectivity index (χ3v) is 0.941. The molecule has 0 aromatic rings. The molecule has 2 aliphatic rings. The average Bonchev–Trinajstić information content (AvgIpc) is 2.33. The van der Waals surface area contributed by atoms with E-state index in [1.54, 1.807) is 11.5 Å². The minimum absolute atomic E-state index is 1.38. The Bertz CT molecular complexity index is 192. The largest absolute Gasteiger partial charge is 0.263 e. The topological polar surface area (TPSA) is 55.6 Å². The van der Waals surface area contributed by atoms with Crippen LogP contribution in [0.1, 0.15) is 0 Å². The lowest BCUT2D eigenvalue weighted by Crippen LogP contribution is -2.39. The van der Waals surface area contributed by atoms with Crippen molar-refractivity contribution in [2.45, 2.75) is 0 Å². The summed E-state index contributed by atoms with van der Waals surface area (Å²) >= 11 is 0. The first-order chi connectivity index (χ1) is 4.47. The summed E-state index contributed by atoms with van der Waals surface area (Å²) in [5.74, 6) is 0. The molecule has 1 N–H and O–H groups in total. The number of rotatable bonds is 0. The van der Waals surface area contributed by atoms with Crippen molar-refractivity contribution in [3.8, 4) is 0 Å². The monoisotopic (exact) mass is 124 g/mol. The molecule has 0 atom stereocenters. The Labute approximate surface area is 51.1 Å². The van der Waals surface area contributed by atoms with Crippen LogP contribution in [0, 0.1) is 0 Å². The molecule has 0 aromatic carbocycles. The quantitative estimate of drug-likeness (QED) is 0.448.